The third-order valence-corrected chi connectivity index (χ3v) is 2.78. The number of Topliss-reactive ketones (excluding diaryl/α,β-unsaturated/α-hetero) is 1. The Morgan fingerprint density at radius 3 is 2.88 bits per heavy atom. The highest BCUT2D eigenvalue weighted by molar-refractivity contribution is 5.91. The summed E-state index contributed by atoms with van der Waals surface area (Å²) >= 11 is 0. The molecule has 0 bridgehead atoms. The maximum atomic E-state index is 11.1. The van der Waals surface area contributed by atoms with E-state index in [9.17, 15) is 4.79 Å². The Hall–Kier alpha value is -1.33. The number of hydrogen-bond acceptors (Lipinski definition) is 5. The van der Waals surface area contributed by atoms with E-state index >= 15 is 0 Å². The monoisotopic (exact) mass is 239 g/mol. The van der Waals surface area contributed by atoms with Crippen molar-refractivity contribution in [2.45, 2.75) is 26.1 Å². The fourth-order valence-corrected chi connectivity index (χ4v) is 2.01. The van der Waals surface area contributed by atoms with E-state index in [4.69, 9.17) is 14.3 Å². The number of carbonyl (C=O) groups excluding carboxylic acids is 1. The first-order valence-corrected chi connectivity index (χ1v) is 5.72. The lowest BCUT2D eigenvalue weighted by atomic mass is 10.2. The van der Waals surface area contributed by atoms with Gasteiger partial charge in [0, 0.05) is 26.1 Å². The van der Waals surface area contributed by atoms with Gasteiger partial charge in [-0.25, -0.2) is 0 Å². The molecule has 0 saturated carbocycles. The van der Waals surface area contributed by atoms with E-state index in [1.807, 2.05) is 11.8 Å². The quantitative estimate of drug-likeness (QED) is 0.799. The van der Waals surface area contributed by atoms with E-state index in [0.29, 0.717) is 24.7 Å². The van der Waals surface area contributed by atoms with Gasteiger partial charge in [-0.05, 0) is 13.0 Å². The molecule has 1 fully saturated rings. The zero-order valence-electron chi connectivity index (χ0n) is 10.0. The molecule has 1 aliphatic heterocycles. The SMILES string of the molecule is CC(=O)c1ccc(N2CC(C)OC(CO)C2)o1. The lowest BCUT2D eigenvalue weighted by Crippen LogP contribution is -2.48. The second-order valence-corrected chi connectivity index (χ2v) is 4.35. The molecule has 5 nitrogen and oxygen atoms in total. The minimum Gasteiger partial charge on any atom is -0.437 e. The summed E-state index contributed by atoms with van der Waals surface area (Å²) in [4.78, 5) is 13.1. The van der Waals surface area contributed by atoms with Crippen LogP contribution in [0.3, 0.4) is 0 Å². The van der Waals surface area contributed by atoms with Crippen LogP contribution >= 0.6 is 0 Å². The highest BCUT2D eigenvalue weighted by Gasteiger charge is 2.26. The molecule has 17 heavy (non-hydrogen) atoms. The van der Waals surface area contributed by atoms with Crippen molar-refractivity contribution in [3.63, 3.8) is 0 Å². The number of aliphatic hydroxyl groups excluding tert-OH is 1. The average molecular weight is 239 g/mol. The normalized spacial score (nSPS) is 25.0. The molecule has 1 aromatic heterocycles. The molecule has 1 aromatic rings. The summed E-state index contributed by atoms with van der Waals surface area (Å²) in [5.41, 5.74) is 0. The summed E-state index contributed by atoms with van der Waals surface area (Å²) in [7, 11) is 0. The number of anilines is 1. The first-order chi connectivity index (χ1) is 8.10. The number of ether oxygens (including phenoxy) is 1. The molecule has 2 rings (SSSR count). The van der Waals surface area contributed by atoms with Gasteiger partial charge in [0.1, 0.15) is 0 Å². The van der Waals surface area contributed by atoms with Gasteiger partial charge in [-0.2, -0.15) is 0 Å². The van der Waals surface area contributed by atoms with Crippen molar-refractivity contribution in [1.29, 1.82) is 0 Å². The second-order valence-electron chi connectivity index (χ2n) is 4.35. The standard InChI is InChI=1S/C12H17NO4/c1-8-5-13(6-10(7-14)16-8)12-4-3-11(17-12)9(2)15/h3-4,8,10,14H,5-7H2,1-2H3. The first-order valence-electron chi connectivity index (χ1n) is 5.72. The van der Waals surface area contributed by atoms with Crippen LogP contribution in [0.1, 0.15) is 24.4 Å². The minimum atomic E-state index is -0.204. The van der Waals surface area contributed by atoms with Crippen molar-refractivity contribution >= 4 is 11.7 Å². The molecular weight excluding hydrogens is 222 g/mol. The number of rotatable bonds is 3. The van der Waals surface area contributed by atoms with Crippen molar-refractivity contribution in [1.82, 2.24) is 0 Å². The smallest absolute Gasteiger partial charge is 0.196 e. The zero-order valence-corrected chi connectivity index (χ0v) is 10.0. The van der Waals surface area contributed by atoms with E-state index in [0.717, 1.165) is 0 Å². The summed E-state index contributed by atoms with van der Waals surface area (Å²) in [6, 6.07) is 3.45. The van der Waals surface area contributed by atoms with Gasteiger partial charge in [0.05, 0.1) is 18.8 Å². The van der Waals surface area contributed by atoms with Crippen molar-refractivity contribution in [3.05, 3.63) is 17.9 Å². The summed E-state index contributed by atoms with van der Waals surface area (Å²) < 4.78 is 11.0. The fourth-order valence-electron chi connectivity index (χ4n) is 2.01. The van der Waals surface area contributed by atoms with Crippen LogP contribution in [-0.4, -0.2) is 42.8 Å². The van der Waals surface area contributed by atoms with Gasteiger partial charge in [0.25, 0.3) is 0 Å². The van der Waals surface area contributed by atoms with Crippen LogP contribution in [0.15, 0.2) is 16.5 Å². The van der Waals surface area contributed by atoms with Gasteiger partial charge < -0.3 is 19.2 Å². The molecule has 2 unspecified atom stereocenters. The molecule has 1 saturated heterocycles. The highest BCUT2D eigenvalue weighted by atomic mass is 16.5. The van der Waals surface area contributed by atoms with Crippen LogP contribution in [0.5, 0.6) is 0 Å². The van der Waals surface area contributed by atoms with E-state index < -0.39 is 0 Å². The zero-order chi connectivity index (χ0) is 12.4. The maximum absolute atomic E-state index is 11.1. The number of ketones is 1. The highest BCUT2D eigenvalue weighted by Crippen LogP contribution is 2.23. The number of furan rings is 1. The van der Waals surface area contributed by atoms with Crippen LogP contribution in [-0.2, 0) is 4.74 Å². The molecule has 94 valence electrons. The van der Waals surface area contributed by atoms with Crippen molar-refractivity contribution in [2.24, 2.45) is 0 Å². The molecule has 0 radical (unpaired) electrons. The molecule has 1 aliphatic rings. The Labute approximate surface area is 100.0 Å². The van der Waals surface area contributed by atoms with Crippen LogP contribution < -0.4 is 4.90 Å². The molecular formula is C12H17NO4. The molecule has 1 N–H and O–H groups in total. The second kappa shape index (κ2) is 4.89. The molecule has 0 amide bonds. The van der Waals surface area contributed by atoms with Crippen LogP contribution in [0.2, 0.25) is 0 Å². The van der Waals surface area contributed by atoms with E-state index in [1.165, 1.54) is 6.92 Å². The van der Waals surface area contributed by atoms with Crippen molar-refractivity contribution in [3.8, 4) is 0 Å². The maximum Gasteiger partial charge on any atom is 0.196 e. The van der Waals surface area contributed by atoms with Gasteiger partial charge in [-0.1, -0.05) is 0 Å². The van der Waals surface area contributed by atoms with Crippen LogP contribution in [0.4, 0.5) is 5.88 Å². The lowest BCUT2D eigenvalue weighted by Gasteiger charge is -2.35. The third-order valence-electron chi connectivity index (χ3n) is 2.78. The van der Waals surface area contributed by atoms with Gasteiger partial charge in [0.2, 0.25) is 0 Å². The number of carbonyl (C=O) groups is 1. The fraction of sp³-hybridized carbons (Fsp3) is 0.583. The van der Waals surface area contributed by atoms with Crippen molar-refractivity contribution < 1.29 is 19.1 Å². The molecule has 0 aliphatic carbocycles. The van der Waals surface area contributed by atoms with Gasteiger partial charge >= 0.3 is 0 Å². The number of morpholine rings is 1. The van der Waals surface area contributed by atoms with Gasteiger partial charge in [-0.15, -0.1) is 0 Å². The van der Waals surface area contributed by atoms with Gasteiger partial charge in [0.15, 0.2) is 17.4 Å². The summed E-state index contributed by atoms with van der Waals surface area (Å²) in [6.07, 6.45) is -0.170. The predicted octanol–water partition coefficient (Wildman–Crippen LogP) is 1.07. The number of aliphatic hydroxyl groups is 1. The molecule has 0 aromatic carbocycles. The predicted molar refractivity (Wildman–Crippen MR) is 62.3 cm³/mol. The Morgan fingerprint density at radius 1 is 1.53 bits per heavy atom. The minimum absolute atomic E-state index is 0.0128. The Balaban J connectivity index is 2.12. The molecule has 2 atom stereocenters. The van der Waals surface area contributed by atoms with E-state index in [2.05, 4.69) is 0 Å². The summed E-state index contributed by atoms with van der Waals surface area (Å²) in [5, 5.41) is 9.13. The molecule has 0 spiro atoms. The lowest BCUT2D eigenvalue weighted by molar-refractivity contribution is -0.0430. The Morgan fingerprint density at radius 2 is 2.29 bits per heavy atom. The van der Waals surface area contributed by atoms with Gasteiger partial charge in [-0.3, -0.25) is 4.79 Å². The van der Waals surface area contributed by atoms with E-state index in [1.54, 1.807) is 12.1 Å². The summed E-state index contributed by atoms with van der Waals surface area (Å²) in [6.45, 7) is 4.68. The Kier molecular flexibility index (Phi) is 3.49. The van der Waals surface area contributed by atoms with Crippen LogP contribution in [0, 0.1) is 0 Å². The first kappa shape index (κ1) is 12.1. The number of nitrogens with zero attached hydrogens (tertiary/aromatic N) is 1. The molecule has 2 heterocycles. The summed E-state index contributed by atoms with van der Waals surface area (Å²) in [5.74, 6) is 0.930. The Bertz CT molecular complexity index is 401. The number of hydrogen-bond donors (Lipinski definition) is 1. The topological polar surface area (TPSA) is 62.9 Å². The molecule has 5 heteroatoms. The third kappa shape index (κ3) is 2.68. The van der Waals surface area contributed by atoms with E-state index in [-0.39, 0.29) is 24.6 Å². The van der Waals surface area contributed by atoms with Crippen LogP contribution in [0.25, 0.3) is 0 Å². The largest absolute Gasteiger partial charge is 0.437 e. The average Bonchev–Trinajstić information content (AvgIpc) is 2.77. The van der Waals surface area contributed by atoms with Crippen molar-refractivity contribution in [2.75, 3.05) is 24.6 Å².